The first-order valence-electron chi connectivity index (χ1n) is 10.6. The highest BCUT2D eigenvalue weighted by molar-refractivity contribution is 6.03. The van der Waals surface area contributed by atoms with Gasteiger partial charge in [-0.05, 0) is 56.5 Å². The normalized spacial score (nSPS) is 14.6. The number of benzene rings is 2. The molecular formula is C25H29N3O2. The minimum absolute atomic E-state index is 0.153. The third-order valence-corrected chi connectivity index (χ3v) is 5.76. The molecule has 0 unspecified atom stereocenters. The van der Waals surface area contributed by atoms with Gasteiger partial charge in [-0.25, -0.2) is 0 Å². The fraction of sp³-hybridized carbons (Fsp3) is 0.400. The number of carbonyl (C=O) groups is 2. The van der Waals surface area contributed by atoms with E-state index in [4.69, 9.17) is 5.26 Å². The summed E-state index contributed by atoms with van der Waals surface area (Å²) in [6.45, 7) is 3.57. The molecule has 0 radical (unpaired) electrons. The van der Waals surface area contributed by atoms with Crippen molar-refractivity contribution in [2.75, 3.05) is 4.90 Å². The van der Waals surface area contributed by atoms with Gasteiger partial charge in [0.05, 0.1) is 18.1 Å². The Bertz CT molecular complexity index is 908. The molecule has 0 bridgehead atoms. The topological polar surface area (TPSA) is 73.2 Å². The van der Waals surface area contributed by atoms with E-state index in [1.165, 1.54) is 6.42 Å². The van der Waals surface area contributed by atoms with Crippen molar-refractivity contribution in [1.29, 1.82) is 5.26 Å². The molecule has 1 N–H and O–H groups in total. The summed E-state index contributed by atoms with van der Waals surface area (Å²) in [7, 11) is 0. The van der Waals surface area contributed by atoms with Gasteiger partial charge in [-0.2, -0.15) is 5.26 Å². The summed E-state index contributed by atoms with van der Waals surface area (Å²) in [5.41, 5.74) is 0.944. The number of anilines is 1. The first kappa shape index (κ1) is 21.6. The van der Waals surface area contributed by atoms with Crippen LogP contribution in [0.25, 0.3) is 0 Å². The molecule has 30 heavy (non-hydrogen) atoms. The molecule has 1 saturated carbocycles. The van der Waals surface area contributed by atoms with Crippen LogP contribution in [0.15, 0.2) is 54.6 Å². The number of hydrogen-bond donors (Lipinski definition) is 1. The molecule has 156 valence electrons. The first-order chi connectivity index (χ1) is 14.4. The number of nitrogens with zero attached hydrogens (tertiary/aromatic N) is 2. The lowest BCUT2D eigenvalue weighted by atomic mass is 9.93. The maximum atomic E-state index is 13.4. The van der Waals surface area contributed by atoms with Gasteiger partial charge in [-0.3, -0.25) is 14.5 Å². The van der Waals surface area contributed by atoms with E-state index >= 15 is 0 Å². The Labute approximate surface area is 178 Å². The minimum atomic E-state index is -1.07. The zero-order chi connectivity index (χ0) is 21.6. The molecule has 1 aliphatic carbocycles. The lowest BCUT2D eigenvalue weighted by Gasteiger charge is -2.39. The van der Waals surface area contributed by atoms with Crippen LogP contribution in [0.5, 0.6) is 0 Å². The van der Waals surface area contributed by atoms with Crippen molar-refractivity contribution < 1.29 is 9.59 Å². The monoisotopic (exact) mass is 403 g/mol. The van der Waals surface area contributed by atoms with Gasteiger partial charge in [0, 0.05) is 11.7 Å². The Morgan fingerprint density at radius 1 is 1.03 bits per heavy atom. The summed E-state index contributed by atoms with van der Waals surface area (Å²) >= 11 is 0. The molecule has 1 fully saturated rings. The predicted octanol–water partition coefficient (Wildman–Crippen LogP) is 4.36. The second-order valence-corrected chi connectivity index (χ2v) is 8.42. The third kappa shape index (κ3) is 5.07. The number of nitriles is 1. The zero-order valence-corrected chi connectivity index (χ0v) is 17.7. The van der Waals surface area contributed by atoms with E-state index in [-0.39, 0.29) is 24.3 Å². The van der Waals surface area contributed by atoms with E-state index in [2.05, 4.69) is 11.4 Å². The van der Waals surface area contributed by atoms with Crippen LogP contribution in [0.1, 0.15) is 57.1 Å². The summed E-state index contributed by atoms with van der Waals surface area (Å²) < 4.78 is 0. The SMILES string of the molecule is CC(C)(C(=O)NC1CCCCC1)N(C(=O)Cc1ccccc1)c1ccc(C#N)cc1. The van der Waals surface area contributed by atoms with Crippen LogP contribution in [0, 0.1) is 11.3 Å². The van der Waals surface area contributed by atoms with E-state index < -0.39 is 5.54 Å². The maximum absolute atomic E-state index is 13.4. The number of amides is 2. The highest BCUT2D eigenvalue weighted by Crippen LogP contribution is 2.27. The van der Waals surface area contributed by atoms with Gasteiger partial charge in [0.25, 0.3) is 0 Å². The Morgan fingerprint density at radius 3 is 2.27 bits per heavy atom. The fourth-order valence-corrected chi connectivity index (χ4v) is 4.02. The van der Waals surface area contributed by atoms with Crippen molar-refractivity contribution in [2.45, 2.75) is 64.0 Å². The quantitative estimate of drug-likeness (QED) is 0.779. The summed E-state index contributed by atoms with van der Waals surface area (Å²) in [5.74, 6) is -0.310. The van der Waals surface area contributed by atoms with E-state index in [9.17, 15) is 9.59 Å². The fourth-order valence-electron chi connectivity index (χ4n) is 4.02. The molecule has 2 amide bonds. The van der Waals surface area contributed by atoms with Gasteiger partial charge in [-0.1, -0.05) is 49.6 Å². The van der Waals surface area contributed by atoms with Crippen molar-refractivity contribution in [2.24, 2.45) is 0 Å². The van der Waals surface area contributed by atoms with E-state index in [1.54, 1.807) is 43.0 Å². The van der Waals surface area contributed by atoms with Crippen LogP contribution in [0.3, 0.4) is 0 Å². The number of carbonyl (C=O) groups excluding carboxylic acids is 2. The number of hydrogen-bond acceptors (Lipinski definition) is 3. The van der Waals surface area contributed by atoms with Crippen LogP contribution in [-0.4, -0.2) is 23.4 Å². The Morgan fingerprint density at radius 2 is 1.67 bits per heavy atom. The highest BCUT2D eigenvalue weighted by atomic mass is 16.2. The Hall–Kier alpha value is -3.13. The van der Waals surface area contributed by atoms with Gasteiger partial charge in [0.2, 0.25) is 11.8 Å². The molecule has 0 atom stereocenters. The van der Waals surface area contributed by atoms with E-state index in [0.717, 1.165) is 31.2 Å². The summed E-state index contributed by atoms with van der Waals surface area (Å²) in [6.07, 6.45) is 5.62. The molecule has 0 saturated heterocycles. The molecule has 3 rings (SSSR count). The van der Waals surface area contributed by atoms with Crippen LogP contribution < -0.4 is 10.2 Å². The summed E-state index contributed by atoms with van der Waals surface area (Å²) in [6, 6.07) is 18.6. The second-order valence-electron chi connectivity index (χ2n) is 8.42. The average molecular weight is 404 g/mol. The standard InChI is InChI=1S/C25H29N3O2/c1-25(2,24(30)27-21-11-7-4-8-12-21)28(22-15-13-20(18-26)14-16-22)23(29)17-19-9-5-3-6-10-19/h3,5-6,9-10,13-16,21H,4,7-8,11-12,17H2,1-2H3,(H,27,30). The molecular weight excluding hydrogens is 374 g/mol. The average Bonchev–Trinajstić information content (AvgIpc) is 2.75. The smallest absolute Gasteiger partial charge is 0.246 e. The summed E-state index contributed by atoms with van der Waals surface area (Å²) in [5, 5.41) is 12.3. The van der Waals surface area contributed by atoms with Crippen molar-refractivity contribution in [3.05, 3.63) is 65.7 Å². The van der Waals surface area contributed by atoms with Crippen molar-refractivity contribution in [3.63, 3.8) is 0 Å². The Balaban J connectivity index is 1.88. The van der Waals surface area contributed by atoms with Crippen molar-refractivity contribution in [3.8, 4) is 6.07 Å². The predicted molar refractivity (Wildman–Crippen MR) is 118 cm³/mol. The molecule has 0 aromatic heterocycles. The Kier molecular flexibility index (Phi) is 6.89. The molecule has 0 heterocycles. The zero-order valence-electron chi connectivity index (χ0n) is 17.7. The van der Waals surface area contributed by atoms with Crippen LogP contribution in [0.4, 0.5) is 5.69 Å². The van der Waals surface area contributed by atoms with Crippen LogP contribution in [0.2, 0.25) is 0 Å². The number of nitrogens with one attached hydrogen (secondary N) is 1. The van der Waals surface area contributed by atoms with Crippen LogP contribution in [-0.2, 0) is 16.0 Å². The molecule has 1 aliphatic rings. The lowest BCUT2D eigenvalue weighted by molar-refractivity contribution is -0.130. The third-order valence-electron chi connectivity index (χ3n) is 5.76. The van der Waals surface area contributed by atoms with Gasteiger partial charge in [0.1, 0.15) is 5.54 Å². The van der Waals surface area contributed by atoms with E-state index in [1.807, 2.05) is 30.3 Å². The lowest BCUT2D eigenvalue weighted by Crippen LogP contribution is -2.59. The number of rotatable bonds is 6. The van der Waals surface area contributed by atoms with Gasteiger partial charge >= 0.3 is 0 Å². The molecule has 0 spiro atoms. The largest absolute Gasteiger partial charge is 0.351 e. The first-order valence-corrected chi connectivity index (χ1v) is 10.6. The van der Waals surface area contributed by atoms with Crippen molar-refractivity contribution >= 4 is 17.5 Å². The molecule has 0 aliphatic heterocycles. The van der Waals surface area contributed by atoms with Gasteiger partial charge in [0.15, 0.2) is 0 Å². The summed E-state index contributed by atoms with van der Waals surface area (Å²) in [4.78, 5) is 28.2. The minimum Gasteiger partial charge on any atom is -0.351 e. The second kappa shape index (κ2) is 9.58. The van der Waals surface area contributed by atoms with Gasteiger partial charge < -0.3 is 5.32 Å². The maximum Gasteiger partial charge on any atom is 0.246 e. The van der Waals surface area contributed by atoms with Crippen molar-refractivity contribution in [1.82, 2.24) is 5.32 Å². The molecule has 2 aromatic rings. The molecule has 5 nitrogen and oxygen atoms in total. The van der Waals surface area contributed by atoms with Gasteiger partial charge in [-0.15, -0.1) is 0 Å². The van der Waals surface area contributed by atoms with E-state index in [0.29, 0.717) is 11.3 Å². The molecule has 2 aromatic carbocycles. The van der Waals surface area contributed by atoms with Crippen LogP contribution >= 0.6 is 0 Å². The highest BCUT2D eigenvalue weighted by Gasteiger charge is 2.39. The molecule has 5 heteroatoms.